The summed E-state index contributed by atoms with van der Waals surface area (Å²) in [4.78, 5) is 0. The Hall–Kier alpha value is -1.82. The smallest absolute Gasteiger partial charge is 0.145 e. The number of allylic oxidation sites excluding steroid dienone is 1. The molecule has 2 aliphatic rings. The van der Waals surface area contributed by atoms with Gasteiger partial charge in [0.15, 0.2) is 0 Å². The first-order chi connectivity index (χ1) is 13.1. The second kappa shape index (κ2) is 9.40. The van der Waals surface area contributed by atoms with Crippen LogP contribution in [0.3, 0.4) is 0 Å². The minimum absolute atomic E-state index is 0.136. The Bertz CT molecular complexity index is 676. The fourth-order valence-corrected chi connectivity index (χ4v) is 4.68. The molecule has 146 valence electrons. The number of hydrogen-bond acceptors (Lipinski definition) is 1. The van der Waals surface area contributed by atoms with Gasteiger partial charge in [0.2, 0.25) is 0 Å². The van der Waals surface area contributed by atoms with Gasteiger partial charge >= 0.3 is 0 Å². The zero-order chi connectivity index (χ0) is 19.2. The van der Waals surface area contributed by atoms with E-state index in [0.29, 0.717) is 12.5 Å². The molecule has 3 rings (SSSR count). The van der Waals surface area contributed by atoms with E-state index in [4.69, 9.17) is 4.74 Å². The van der Waals surface area contributed by atoms with Gasteiger partial charge in [-0.3, -0.25) is 0 Å². The lowest BCUT2D eigenvalue weighted by atomic mass is 9.69. The van der Waals surface area contributed by atoms with Crippen LogP contribution < -0.4 is 4.74 Å². The number of halogens is 2. The van der Waals surface area contributed by atoms with Crippen molar-refractivity contribution in [1.29, 1.82) is 0 Å². The van der Waals surface area contributed by atoms with E-state index in [-0.39, 0.29) is 17.2 Å². The standard InChI is InChI=1S/C24H30F2O/c1-3-17-5-10-19(11-6-17)20-12-7-18(8-13-20)9-14-22-23(25)15-21(27-4-2)16-24(22)26/h3,15-20H,1,4-8,10-13H2,2H3. The molecule has 0 amide bonds. The Morgan fingerprint density at radius 2 is 1.56 bits per heavy atom. The van der Waals surface area contributed by atoms with Crippen LogP contribution in [0, 0.1) is 47.1 Å². The average molecular weight is 372 g/mol. The van der Waals surface area contributed by atoms with E-state index < -0.39 is 11.6 Å². The quantitative estimate of drug-likeness (QED) is 0.432. The van der Waals surface area contributed by atoms with Gasteiger partial charge in [0.05, 0.1) is 12.2 Å². The van der Waals surface area contributed by atoms with Gasteiger partial charge in [0.1, 0.15) is 17.4 Å². The summed E-state index contributed by atoms with van der Waals surface area (Å²) >= 11 is 0. The molecular weight excluding hydrogens is 342 g/mol. The zero-order valence-electron chi connectivity index (χ0n) is 16.3. The topological polar surface area (TPSA) is 9.23 Å². The first kappa shape index (κ1) is 19.9. The Balaban J connectivity index is 1.55. The molecule has 0 spiro atoms. The summed E-state index contributed by atoms with van der Waals surface area (Å²) in [5, 5.41) is 0. The summed E-state index contributed by atoms with van der Waals surface area (Å²) in [5.74, 6) is 7.42. The lowest BCUT2D eigenvalue weighted by Gasteiger charge is -2.36. The van der Waals surface area contributed by atoms with Crippen LogP contribution in [0.4, 0.5) is 8.78 Å². The lowest BCUT2D eigenvalue weighted by molar-refractivity contribution is 0.168. The molecule has 2 fully saturated rings. The van der Waals surface area contributed by atoms with Gasteiger partial charge in [-0.15, -0.1) is 6.58 Å². The van der Waals surface area contributed by atoms with Crippen LogP contribution in [0.15, 0.2) is 24.8 Å². The minimum atomic E-state index is -0.640. The van der Waals surface area contributed by atoms with Gasteiger partial charge in [0, 0.05) is 18.1 Å². The van der Waals surface area contributed by atoms with Crippen molar-refractivity contribution >= 4 is 0 Å². The number of ether oxygens (including phenoxy) is 1. The van der Waals surface area contributed by atoms with Gasteiger partial charge in [-0.1, -0.05) is 17.9 Å². The van der Waals surface area contributed by atoms with Crippen molar-refractivity contribution in [3.05, 3.63) is 42.0 Å². The maximum Gasteiger partial charge on any atom is 0.145 e. The molecular formula is C24H30F2O. The maximum atomic E-state index is 14.1. The summed E-state index contributed by atoms with van der Waals surface area (Å²) in [7, 11) is 0. The van der Waals surface area contributed by atoms with Gasteiger partial charge in [-0.2, -0.15) is 0 Å². The van der Waals surface area contributed by atoms with E-state index in [0.717, 1.165) is 24.7 Å². The molecule has 0 saturated heterocycles. The Kier molecular flexibility index (Phi) is 6.94. The first-order valence-corrected chi connectivity index (χ1v) is 10.4. The van der Waals surface area contributed by atoms with Gasteiger partial charge < -0.3 is 4.74 Å². The predicted molar refractivity (Wildman–Crippen MR) is 105 cm³/mol. The summed E-state index contributed by atoms with van der Waals surface area (Å²) in [5.41, 5.74) is -0.136. The minimum Gasteiger partial charge on any atom is -0.494 e. The van der Waals surface area contributed by atoms with E-state index in [2.05, 4.69) is 24.5 Å². The zero-order valence-corrected chi connectivity index (χ0v) is 16.3. The van der Waals surface area contributed by atoms with Crippen LogP contribution in [0.25, 0.3) is 0 Å². The maximum absolute atomic E-state index is 14.1. The van der Waals surface area contributed by atoms with Crippen LogP contribution in [-0.2, 0) is 0 Å². The fourth-order valence-electron chi connectivity index (χ4n) is 4.68. The van der Waals surface area contributed by atoms with E-state index in [9.17, 15) is 8.78 Å². The molecule has 1 nitrogen and oxygen atoms in total. The molecule has 0 N–H and O–H groups in total. The highest BCUT2D eigenvalue weighted by molar-refractivity contribution is 5.41. The predicted octanol–water partition coefficient (Wildman–Crippen LogP) is 6.51. The van der Waals surface area contributed by atoms with Crippen molar-refractivity contribution < 1.29 is 13.5 Å². The average Bonchev–Trinajstić information content (AvgIpc) is 2.68. The molecule has 0 atom stereocenters. The molecule has 0 aromatic heterocycles. The first-order valence-electron chi connectivity index (χ1n) is 10.4. The van der Waals surface area contributed by atoms with Crippen LogP contribution in [-0.4, -0.2) is 6.61 Å². The van der Waals surface area contributed by atoms with Crippen molar-refractivity contribution in [2.24, 2.45) is 23.7 Å². The third-order valence-corrected chi connectivity index (χ3v) is 6.32. The number of rotatable bonds is 4. The highest BCUT2D eigenvalue weighted by atomic mass is 19.1. The van der Waals surface area contributed by atoms with Crippen LogP contribution >= 0.6 is 0 Å². The van der Waals surface area contributed by atoms with Crippen molar-refractivity contribution in [2.75, 3.05) is 6.61 Å². The Morgan fingerprint density at radius 3 is 2.07 bits per heavy atom. The SMILES string of the molecule is C=CC1CCC(C2CCC(C#Cc3c(F)cc(OCC)cc3F)CC2)CC1. The molecule has 1 aromatic rings. The normalized spacial score (nSPS) is 28.1. The van der Waals surface area contributed by atoms with Crippen LogP contribution in [0.1, 0.15) is 63.9 Å². The molecule has 1 aromatic carbocycles. The highest BCUT2D eigenvalue weighted by Crippen LogP contribution is 2.41. The van der Waals surface area contributed by atoms with E-state index in [1.54, 1.807) is 6.92 Å². The molecule has 0 unspecified atom stereocenters. The van der Waals surface area contributed by atoms with E-state index >= 15 is 0 Å². The summed E-state index contributed by atoms with van der Waals surface area (Å²) in [6.07, 6.45) is 11.8. The highest BCUT2D eigenvalue weighted by Gasteiger charge is 2.29. The van der Waals surface area contributed by atoms with Crippen LogP contribution in [0.2, 0.25) is 0 Å². The molecule has 27 heavy (non-hydrogen) atoms. The fraction of sp³-hybridized carbons (Fsp3) is 0.583. The molecule has 0 radical (unpaired) electrons. The van der Waals surface area contributed by atoms with Gasteiger partial charge in [-0.25, -0.2) is 8.78 Å². The van der Waals surface area contributed by atoms with Crippen molar-refractivity contribution in [3.63, 3.8) is 0 Å². The van der Waals surface area contributed by atoms with E-state index in [1.165, 1.54) is 50.7 Å². The third kappa shape index (κ3) is 5.12. The largest absolute Gasteiger partial charge is 0.494 e. The van der Waals surface area contributed by atoms with Crippen molar-refractivity contribution in [1.82, 2.24) is 0 Å². The number of benzene rings is 1. The molecule has 0 bridgehead atoms. The summed E-state index contributed by atoms with van der Waals surface area (Å²) in [6, 6.07) is 2.43. The number of hydrogen-bond donors (Lipinski definition) is 0. The monoisotopic (exact) mass is 372 g/mol. The van der Waals surface area contributed by atoms with Crippen molar-refractivity contribution in [3.8, 4) is 17.6 Å². The third-order valence-electron chi connectivity index (χ3n) is 6.32. The van der Waals surface area contributed by atoms with Gasteiger partial charge in [0.25, 0.3) is 0 Å². The molecule has 2 saturated carbocycles. The molecule has 0 heterocycles. The lowest BCUT2D eigenvalue weighted by Crippen LogP contribution is -2.25. The Morgan fingerprint density at radius 1 is 1.00 bits per heavy atom. The summed E-state index contributed by atoms with van der Waals surface area (Å²) < 4.78 is 33.4. The van der Waals surface area contributed by atoms with Gasteiger partial charge in [-0.05, 0) is 76.0 Å². The van der Waals surface area contributed by atoms with Crippen molar-refractivity contribution in [2.45, 2.75) is 58.3 Å². The van der Waals surface area contributed by atoms with E-state index in [1.807, 2.05) is 0 Å². The molecule has 3 heteroatoms. The molecule has 0 aliphatic heterocycles. The summed E-state index contributed by atoms with van der Waals surface area (Å²) in [6.45, 7) is 6.09. The Labute approximate surface area is 162 Å². The van der Waals surface area contributed by atoms with Crippen LogP contribution in [0.5, 0.6) is 5.75 Å². The second-order valence-corrected chi connectivity index (χ2v) is 7.99. The molecule has 2 aliphatic carbocycles. The second-order valence-electron chi connectivity index (χ2n) is 7.99.